The van der Waals surface area contributed by atoms with Crippen molar-refractivity contribution in [2.45, 2.75) is 58.7 Å². The molecule has 0 radical (unpaired) electrons. The molecule has 0 aliphatic carbocycles. The van der Waals surface area contributed by atoms with Gasteiger partial charge in [0.05, 0.1) is 18.1 Å². The molecular formula is C15H23N3O2. The van der Waals surface area contributed by atoms with Crippen molar-refractivity contribution >= 4 is 11.7 Å². The average molecular weight is 277 g/mol. The number of hydrogen-bond donors (Lipinski definition) is 2. The highest BCUT2D eigenvalue weighted by atomic mass is 16.5. The predicted molar refractivity (Wildman–Crippen MR) is 76.4 cm³/mol. The number of H-pyrrole nitrogens is 1. The van der Waals surface area contributed by atoms with Crippen LogP contribution in [0.1, 0.15) is 45.7 Å². The zero-order valence-electron chi connectivity index (χ0n) is 12.4. The van der Waals surface area contributed by atoms with E-state index in [1.165, 1.54) is 0 Å². The van der Waals surface area contributed by atoms with Gasteiger partial charge in [0.25, 0.3) is 0 Å². The van der Waals surface area contributed by atoms with Gasteiger partial charge in [0.1, 0.15) is 0 Å². The lowest BCUT2D eigenvalue weighted by Crippen LogP contribution is -2.30. The van der Waals surface area contributed by atoms with E-state index < -0.39 is 0 Å². The summed E-state index contributed by atoms with van der Waals surface area (Å²) in [4.78, 5) is 12.3. The number of aromatic nitrogens is 2. The lowest BCUT2D eigenvalue weighted by molar-refractivity contribution is -0.121. The van der Waals surface area contributed by atoms with E-state index in [0.29, 0.717) is 11.9 Å². The SMILES string of the molecule is CC(C)(C)Cc1cc(NC(=O)C2CC3CCC2O3)n[nH]1. The van der Waals surface area contributed by atoms with Crippen LogP contribution in [0.25, 0.3) is 0 Å². The van der Waals surface area contributed by atoms with Gasteiger partial charge in [-0.2, -0.15) is 5.10 Å². The first kappa shape index (κ1) is 13.6. The van der Waals surface area contributed by atoms with Gasteiger partial charge in [-0.1, -0.05) is 20.8 Å². The number of carbonyl (C=O) groups is 1. The molecule has 1 amide bonds. The number of fused-ring (bicyclic) bond motifs is 2. The Morgan fingerprint density at radius 2 is 2.30 bits per heavy atom. The maximum absolute atomic E-state index is 12.3. The fraction of sp³-hybridized carbons (Fsp3) is 0.733. The molecule has 2 saturated heterocycles. The van der Waals surface area contributed by atoms with Crippen LogP contribution in [-0.4, -0.2) is 28.3 Å². The summed E-state index contributed by atoms with van der Waals surface area (Å²) in [5, 5.41) is 10.1. The lowest BCUT2D eigenvalue weighted by atomic mass is 9.88. The Kier molecular flexibility index (Phi) is 3.32. The van der Waals surface area contributed by atoms with E-state index in [1.54, 1.807) is 0 Å². The topological polar surface area (TPSA) is 67.0 Å². The Labute approximate surface area is 119 Å². The molecule has 2 aliphatic rings. The number of carbonyl (C=O) groups excluding carboxylic acids is 1. The molecular weight excluding hydrogens is 254 g/mol. The van der Waals surface area contributed by atoms with Gasteiger partial charge in [-0.05, 0) is 31.1 Å². The third-order valence-corrected chi connectivity index (χ3v) is 4.05. The van der Waals surface area contributed by atoms with Crippen molar-refractivity contribution in [2.75, 3.05) is 5.32 Å². The Morgan fingerprint density at radius 3 is 2.90 bits per heavy atom. The Bertz CT molecular complexity index is 503. The summed E-state index contributed by atoms with van der Waals surface area (Å²) in [5.74, 6) is 0.666. The highest BCUT2D eigenvalue weighted by molar-refractivity contribution is 5.92. The number of nitrogens with zero attached hydrogens (tertiary/aromatic N) is 1. The molecule has 3 heterocycles. The van der Waals surface area contributed by atoms with Crippen molar-refractivity contribution in [3.8, 4) is 0 Å². The van der Waals surface area contributed by atoms with Crippen LogP contribution in [-0.2, 0) is 16.0 Å². The Balaban J connectivity index is 1.59. The second-order valence-electron chi connectivity index (χ2n) is 7.22. The molecule has 5 nitrogen and oxygen atoms in total. The van der Waals surface area contributed by atoms with Crippen molar-refractivity contribution < 1.29 is 9.53 Å². The standard InChI is InChI=1S/C15H23N3O2/c1-15(2,3)8-9-6-13(18-17-9)16-14(19)11-7-10-4-5-12(11)20-10/h6,10-12H,4-5,7-8H2,1-3H3,(H2,16,17,18,19). The molecule has 3 atom stereocenters. The second-order valence-corrected chi connectivity index (χ2v) is 7.22. The number of ether oxygens (including phenoxy) is 1. The Morgan fingerprint density at radius 1 is 1.50 bits per heavy atom. The summed E-state index contributed by atoms with van der Waals surface area (Å²) in [6.07, 6.45) is 4.30. The molecule has 2 aliphatic heterocycles. The molecule has 2 bridgehead atoms. The minimum absolute atomic E-state index is 0.00323. The fourth-order valence-electron chi connectivity index (χ4n) is 3.22. The van der Waals surface area contributed by atoms with Crippen LogP contribution < -0.4 is 5.32 Å². The average Bonchev–Trinajstić information content (AvgIpc) is 3.02. The van der Waals surface area contributed by atoms with Gasteiger partial charge in [-0.15, -0.1) is 0 Å². The largest absolute Gasteiger partial charge is 0.374 e. The van der Waals surface area contributed by atoms with Gasteiger partial charge in [0.2, 0.25) is 5.91 Å². The minimum Gasteiger partial charge on any atom is -0.374 e. The highest BCUT2D eigenvalue weighted by Gasteiger charge is 2.44. The maximum atomic E-state index is 12.3. The van der Waals surface area contributed by atoms with Crippen molar-refractivity contribution in [1.29, 1.82) is 0 Å². The monoisotopic (exact) mass is 277 g/mol. The normalized spacial score (nSPS) is 28.9. The van der Waals surface area contributed by atoms with Crippen molar-refractivity contribution in [1.82, 2.24) is 10.2 Å². The van der Waals surface area contributed by atoms with E-state index in [2.05, 4.69) is 36.3 Å². The Hall–Kier alpha value is -1.36. The molecule has 3 rings (SSSR count). The van der Waals surface area contributed by atoms with E-state index in [1.807, 2.05) is 6.07 Å². The first-order chi connectivity index (χ1) is 9.40. The van der Waals surface area contributed by atoms with Gasteiger partial charge >= 0.3 is 0 Å². The summed E-state index contributed by atoms with van der Waals surface area (Å²) >= 11 is 0. The van der Waals surface area contributed by atoms with Crippen LogP contribution in [0.3, 0.4) is 0 Å². The summed E-state index contributed by atoms with van der Waals surface area (Å²) in [7, 11) is 0. The van der Waals surface area contributed by atoms with E-state index in [-0.39, 0.29) is 23.3 Å². The van der Waals surface area contributed by atoms with Gasteiger partial charge in [-0.25, -0.2) is 0 Å². The number of rotatable bonds is 3. The van der Waals surface area contributed by atoms with E-state index in [4.69, 9.17) is 4.74 Å². The maximum Gasteiger partial charge on any atom is 0.231 e. The lowest BCUT2D eigenvalue weighted by Gasteiger charge is -2.17. The van der Waals surface area contributed by atoms with Gasteiger partial charge in [0, 0.05) is 11.8 Å². The molecule has 2 fully saturated rings. The van der Waals surface area contributed by atoms with Crippen molar-refractivity contribution in [3.05, 3.63) is 11.8 Å². The second kappa shape index (κ2) is 4.88. The molecule has 1 aromatic heterocycles. The molecule has 0 saturated carbocycles. The number of hydrogen-bond acceptors (Lipinski definition) is 3. The first-order valence-corrected chi connectivity index (χ1v) is 7.41. The molecule has 1 aromatic rings. The molecule has 2 N–H and O–H groups in total. The molecule has 3 unspecified atom stereocenters. The molecule has 0 spiro atoms. The van der Waals surface area contributed by atoms with Crippen LogP contribution in [0, 0.1) is 11.3 Å². The van der Waals surface area contributed by atoms with Crippen LogP contribution in [0.4, 0.5) is 5.82 Å². The molecule has 5 heteroatoms. The smallest absolute Gasteiger partial charge is 0.231 e. The third-order valence-electron chi connectivity index (χ3n) is 4.05. The van der Waals surface area contributed by atoms with Gasteiger partial charge in [-0.3, -0.25) is 9.89 Å². The zero-order chi connectivity index (χ0) is 14.3. The fourth-order valence-corrected chi connectivity index (χ4v) is 3.22. The quantitative estimate of drug-likeness (QED) is 0.892. The number of anilines is 1. The minimum atomic E-state index is -0.00323. The van der Waals surface area contributed by atoms with Crippen molar-refractivity contribution in [2.24, 2.45) is 11.3 Å². The summed E-state index contributed by atoms with van der Waals surface area (Å²) < 4.78 is 5.73. The molecule has 20 heavy (non-hydrogen) atoms. The molecule has 0 aromatic carbocycles. The van der Waals surface area contributed by atoms with E-state index in [0.717, 1.165) is 31.4 Å². The van der Waals surface area contributed by atoms with E-state index in [9.17, 15) is 4.79 Å². The molecule has 110 valence electrons. The van der Waals surface area contributed by atoms with Gasteiger partial charge < -0.3 is 10.1 Å². The zero-order valence-corrected chi connectivity index (χ0v) is 12.4. The van der Waals surface area contributed by atoms with Gasteiger partial charge in [0.15, 0.2) is 5.82 Å². The predicted octanol–water partition coefficient (Wildman–Crippen LogP) is 2.50. The van der Waals surface area contributed by atoms with E-state index >= 15 is 0 Å². The number of aromatic amines is 1. The van der Waals surface area contributed by atoms with Crippen LogP contribution in [0.15, 0.2) is 6.07 Å². The van der Waals surface area contributed by atoms with Crippen molar-refractivity contribution in [3.63, 3.8) is 0 Å². The number of nitrogens with one attached hydrogen (secondary N) is 2. The van der Waals surface area contributed by atoms with Crippen LogP contribution >= 0.6 is 0 Å². The first-order valence-electron chi connectivity index (χ1n) is 7.41. The number of amides is 1. The summed E-state index contributed by atoms with van der Waals surface area (Å²) in [5.41, 5.74) is 1.25. The summed E-state index contributed by atoms with van der Waals surface area (Å²) in [6.45, 7) is 6.54. The highest BCUT2D eigenvalue weighted by Crippen LogP contribution is 2.39. The summed E-state index contributed by atoms with van der Waals surface area (Å²) in [6, 6.07) is 1.93. The van der Waals surface area contributed by atoms with Crippen LogP contribution in [0.2, 0.25) is 0 Å². The third kappa shape index (κ3) is 2.87. The van der Waals surface area contributed by atoms with Crippen LogP contribution in [0.5, 0.6) is 0 Å².